The molecule has 0 rings (SSSR count). The topological polar surface area (TPSA) is 540 Å². The van der Waals surface area contributed by atoms with Crippen molar-refractivity contribution in [2.75, 3.05) is 0 Å². The van der Waals surface area contributed by atoms with E-state index in [0.717, 1.165) is 0 Å². The molecule has 0 aromatic heterocycles. The molecule has 0 spiro atoms. The fraction of sp³-hybridized carbons (Fsp3) is 0. The summed E-state index contributed by atoms with van der Waals surface area (Å²) in [5.74, 6) is 0. The normalized spacial score (nSPS) is 7.64. The molecule has 8 N–H and O–H groups in total. The van der Waals surface area contributed by atoms with Gasteiger partial charge in [0.15, 0.2) is 0 Å². The van der Waals surface area contributed by atoms with Gasteiger partial charge in [0, 0.05) is 0 Å². The molecule has 0 aliphatic carbocycles. The van der Waals surface area contributed by atoms with Gasteiger partial charge in [-0.25, -0.2) is 18.6 Å². The predicted octanol–water partition coefficient (Wildman–Crippen LogP) is -25.4. The fourth-order valence-electron chi connectivity index (χ4n) is 0. The number of nitrogens with zero attached hydrogens (tertiary/aromatic N) is 3. The summed E-state index contributed by atoms with van der Waals surface area (Å²) in [6, 6.07) is 0. The molecule has 0 fully saturated rings. The summed E-state index contributed by atoms with van der Waals surface area (Å²) in [6.07, 6.45) is 0. The van der Waals surface area contributed by atoms with Gasteiger partial charge in [-0.15, -0.1) is 10.2 Å². The Morgan fingerprint density at radius 3 is 0.424 bits per heavy atom. The summed E-state index contributed by atoms with van der Waals surface area (Å²) in [5, 5.41) is 44.2. The quantitative estimate of drug-likeness (QED) is 0.105. The van der Waals surface area contributed by atoms with Gasteiger partial charge in [-0.05, 0) is 0 Å². The van der Waals surface area contributed by atoms with Crippen LogP contribution in [0.15, 0.2) is 0 Å². The van der Waals surface area contributed by atoms with E-state index in [4.69, 9.17) is 102 Å². The Balaban J connectivity index is -0.0000000155. The van der Waals surface area contributed by atoms with Crippen LogP contribution in [-0.2, 0) is 0 Å². The summed E-state index contributed by atoms with van der Waals surface area (Å²) >= 11 is 0. The van der Waals surface area contributed by atoms with Crippen LogP contribution in [0.2, 0.25) is 0 Å². The fourth-order valence-corrected chi connectivity index (χ4v) is 0. The minimum Gasteiger partial charge on any atom is -0.356 e. The summed E-state index contributed by atoms with van der Waals surface area (Å²) in [6.45, 7) is 0. The second kappa shape index (κ2) is 46.3. The molecule has 0 atom stereocenters. The summed E-state index contributed by atoms with van der Waals surface area (Å²) in [4.78, 5) is 24.8. The molecule has 0 aromatic rings. The smallest absolute Gasteiger partial charge is 0.356 e. The predicted molar refractivity (Wildman–Crippen MR) is 45.6 cm³/mol. The van der Waals surface area contributed by atoms with E-state index in [0.29, 0.717) is 0 Å². The first-order valence-electron chi connectivity index (χ1n) is 3.52. The van der Waals surface area contributed by atoms with E-state index in [1.54, 1.807) is 0 Å². The van der Waals surface area contributed by atoms with E-state index < -0.39 is 46.0 Å². The molecule has 26 nitrogen and oxygen atoms in total. The van der Waals surface area contributed by atoms with E-state index in [-0.39, 0.29) is 218 Å². The molecule has 184 valence electrons. The van der Waals surface area contributed by atoms with Gasteiger partial charge in [-0.2, -0.15) is 28.0 Å². The first-order valence-corrected chi connectivity index (χ1v) is 7.29. The Hall–Kier alpha value is 4.46. The molecule has 33 heavy (non-hydrogen) atoms. The summed E-state index contributed by atoms with van der Waals surface area (Å²) < 4.78 is 99.4. The van der Waals surface area contributed by atoms with Crippen LogP contribution in [0.4, 0.5) is 0 Å². The van der Waals surface area contributed by atoms with Gasteiger partial charge in [0.2, 0.25) is 0 Å². The van der Waals surface area contributed by atoms with Crippen LogP contribution in [0, 0.1) is 76.7 Å². The maximum Gasteiger partial charge on any atom is 1.00 e. The van der Waals surface area contributed by atoms with Gasteiger partial charge in [0.05, 0.1) is 45.1 Å². The first kappa shape index (κ1) is 76.8. The van der Waals surface area contributed by atoms with E-state index >= 15 is 0 Å². The first-order chi connectivity index (χ1) is 11.2. The van der Waals surface area contributed by atoms with Crippen LogP contribution in [0.1, 0.15) is 0 Å². The van der Waals surface area contributed by atoms with Crippen molar-refractivity contribution < 1.29 is 307 Å². The zero-order chi connectivity index (χ0) is 24.2. The van der Waals surface area contributed by atoms with Crippen molar-refractivity contribution in [2.45, 2.75) is 0 Å². The Morgan fingerprint density at radius 1 is 0.424 bits per heavy atom. The van der Waals surface area contributed by atoms with Crippen molar-refractivity contribution in [3.05, 3.63) is 46.0 Å². The molecule has 0 saturated carbocycles. The number of halogens is 3. The number of hydrogen-bond acceptors (Lipinski definition) is 23. The molecule has 0 saturated heterocycles. The van der Waals surface area contributed by atoms with E-state index in [1.165, 1.54) is 0 Å². The summed E-state index contributed by atoms with van der Waals surface area (Å²) in [7, 11) is -14.3. The van der Waals surface area contributed by atoms with Crippen LogP contribution in [-0.4, -0.2) is 24.6 Å². The average molecular weight is 677 g/mol. The molecule has 0 unspecified atom stereocenters. The molecule has 0 bridgehead atoms. The van der Waals surface area contributed by atoms with Crippen LogP contribution >= 0.6 is 0 Å². The summed E-state index contributed by atoms with van der Waals surface area (Å²) in [5.41, 5.74) is 0. The van der Waals surface area contributed by atoms with E-state index in [9.17, 15) is 0 Å². The Morgan fingerprint density at radius 2 is 0.424 bits per heavy atom. The maximum absolute atomic E-state index is 8.60. The van der Waals surface area contributed by atoms with Crippen LogP contribution in [0.5, 0.6) is 0 Å². The maximum atomic E-state index is 8.60. The van der Waals surface area contributed by atoms with Crippen molar-refractivity contribution >= 4 is 0 Å². The number of rotatable bonds is 0. The van der Waals surface area contributed by atoms with Gasteiger partial charge >= 0.3 is 206 Å². The molecule has 0 aliphatic rings. The molecule has 0 aliphatic heterocycles. The van der Waals surface area contributed by atoms with Gasteiger partial charge in [0.25, 0.3) is 0 Å². The van der Waals surface area contributed by atoms with Crippen LogP contribution in [0.25, 0.3) is 0 Å². The van der Waals surface area contributed by atoms with Crippen molar-refractivity contribution in [3.63, 3.8) is 0 Å². The zero-order valence-corrected chi connectivity index (χ0v) is 31.3. The zero-order valence-electron chi connectivity index (χ0n) is 16.5. The third kappa shape index (κ3) is 2180. The second-order valence-electron chi connectivity index (χ2n) is 1.84. The van der Waals surface area contributed by atoms with Gasteiger partial charge in [-0.3, -0.25) is 0 Å². The Kier molecular flexibility index (Phi) is 108. The van der Waals surface area contributed by atoms with E-state index in [1.807, 2.05) is 0 Å². The largest absolute Gasteiger partial charge is 1.00 e. The molecule has 0 heterocycles. The van der Waals surface area contributed by atoms with Crippen molar-refractivity contribution in [2.24, 2.45) is 0 Å². The van der Waals surface area contributed by atoms with Crippen molar-refractivity contribution in [3.8, 4) is 0 Å². The SMILES string of the molecule is N.N.O=[N+]([O-])[O-].O=[N+]([O-])[O-].O=[N+]([O-])[O-].[K+].[K+].[K+].[K+].[O-][Cl+3]([O-])([O-])O.[O-][Cl+3]([O-])([O-])O.[O-][Cl+3]([O-])([O-])[O-]. The third-order valence-corrected chi connectivity index (χ3v) is 0. The molecule has 33 heteroatoms. The van der Waals surface area contributed by atoms with Crippen LogP contribution in [0.3, 0.4) is 0 Å². The van der Waals surface area contributed by atoms with Gasteiger partial charge in [-0.1, -0.05) is 0 Å². The molecular weight excluding hydrogens is 669 g/mol. The van der Waals surface area contributed by atoms with Gasteiger partial charge < -0.3 is 58.3 Å². The third-order valence-electron chi connectivity index (χ3n) is 0. The van der Waals surface area contributed by atoms with E-state index in [2.05, 4.69) is 0 Å². The Bertz CT molecular complexity index is 295. The minimum atomic E-state index is -4.94. The monoisotopic (exact) mass is 675 g/mol. The molecule has 0 amide bonds. The van der Waals surface area contributed by atoms with Crippen LogP contribution < -0.4 is 264 Å². The minimum absolute atomic E-state index is 0. The molecular formula is H8Cl3K4N5O21. The van der Waals surface area contributed by atoms with Crippen molar-refractivity contribution in [1.29, 1.82) is 0 Å². The second-order valence-corrected chi connectivity index (χ2v) is 4.18. The molecule has 0 radical (unpaired) electrons. The van der Waals surface area contributed by atoms with Crippen molar-refractivity contribution in [1.82, 2.24) is 12.3 Å². The standard InChI is InChI=1S/3ClHO4.4K.3NO3.2H3N/c3*2-1(3,4)5;;;;;3*2-1(3)4;;/h3*(H,2,3,4,5);;;;;;;;2*1H3/q;;;4*+1;3*-1;;/p-1. The molecule has 0 aromatic carbocycles. The Labute approximate surface area is 356 Å². The van der Waals surface area contributed by atoms with Gasteiger partial charge in [0.1, 0.15) is 0 Å². The average Bonchev–Trinajstić information content (AvgIpc) is 2.01. The number of hydrogen-bond donors (Lipinski definition) is 4.